The van der Waals surface area contributed by atoms with Crippen molar-refractivity contribution in [1.82, 2.24) is 14.9 Å². The van der Waals surface area contributed by atoms with Crippen LogP contribution in [-0.4, -0.2) is 41.1 Å². The van der Waals surface area contributed by atoms with E-state index in [9.17, 15) is 4.79 Å². The van der Waals surface area contributed by atoms with Crippen molar-refractivity contribution in [1.29, 1.82) is 0 Å². The van der Waals surface area contributed by atoms with Crippen molar-refractivity contribution in [3.63, 3.8) is 0 Å². The maximum Gasteiger partial charge on any atom is 0.323 e. The van der Waals surface area contributed by atoms with Gasteiger partial charge in [-0.1, -0.05) is 42.8 Å². The van der Waals surface area contributed by atoms with Crippen LogP contribution >= 0.6 is 0 Å². The minimum atomic E-state index is -0.138. The lowest BCUT2D eigenvalue weighted by molar-refractivity contribution is 0.197. The second kappa shape index (κ2) is 8.00. The summed E-state index contributed by atoms with van der Waals surface area (Å²) in [7, 11) is 1.53. The van der Waals surface area contributed by atoms with Crippen LogP contribution in [0.1, 0.15) is 43.2 Å². The predicted octanol–water partition coefficient (Wildman–Crippen LogP) is 4.32. The minimum Gasteiger partial charge on any atom is -0.480 e. The largest absolute Gasteiger partial charge is 0.480 e. The molecule has 2 amide bonds. The molecule has 1 unspecified atom stereocenters. The van der Waals surface area contributed by atoms with E-state index in [2.05, 4.69) is 52.5 Å². The van der Waals surface area contributed by atoms with E-state index in [-0.39, 0.29) is 6.03 Å². The van der Waals surface area contributed by atoms with E-state index in [4.69, 9.17) is 4.74 Å². The van der Waals surface area contributed by atoms with E-state index in [0.717, 1.165) is 12.3 Å². The Bertz CT molecular complexity index is 874. The Morgan fingerprint density at radius 2 is 2.14 bits per heavy atom. The number of ether oxygens (including phenoxy) is 1. The van der Waals surface area contributed by atoms with E-state index >= 15 is 0 Å². The Morgan fingerprint density at radius 3 is 2.82 bits per heavy atom. The van der Waals surface area contributed by atoms with E-state index in [1.54, 1.807) is 0 Å². The Balaban J connectivity index is 1.37. The Morgan fingerprint density at radius 1 is 1.29 bits per heavy atom. The first-order chi connectivity index (χ1) is 13.6. The third kappa shape index (κ3) is 4.32. The topological polar surface area (TPSA) is 67.3 Å². The number of carbonyl (C=O) groups is 1. The van der Waals surface area contributed by atoms with Gasteiger partial charge in [-0.2, -0.15) is 0 Å². The lowest BCUT2D eigenvalue weighted by Gasteiger charge is -2.33. The monoisotopic (exact) mass is 378 g/mol. The van der Waals surface area contributed by atoms with Crippen LogP contribution in [0.4, 0.5) is 10.6 Å². The molecule has 146 valence electrons. The molecule has 0 spiro atoms. The number of hydrogen-bond donors (Lipinski definition) is 1. The number of hydrogen-bond acceptors (Lipinski definition) is 4. The van der Waals surface area contributed by atoms with Crippen LogP contribution in [0.25, 0.3) is 6.08 Å². The average Bonchev–Trinajstić information content (AvgIpc) is 3.56. The molecule has 2 aromatic rings. The van der Waals surface area contributed by atoms with Crippen molar-refractivity contribution in [2.24, 2.45) is 5.92 Å². The number of nitrogens with one attached hydrogen (secondary N) is 1. The fraction of sp³-hybridized carbons (Fsp3) is 0.409. The molecule has 0 radical (unpaired) electrons. The summed E-state index contributed by atoms with van der Waals surface area (Å²) < 4.78 is 4.99. The van der Waals surface area contributed by atoms with Gasteiger partial charge in [0.2, 0.25) is 5.88 Å². The number of amides is 2. The molecule has 1 saturated heterocycles. The average molecular weight is 378 g/mol. The predicted molar refractivity (Wildman–Crippen MR) is 109 cm³/mol. The molecule has 6 nitrogen and oxygen atoms in total. The summed E-state index contributed by atoms with van der Waals surface area (Å²) in [6.45, 7) is 3.58. The van der Waals surface area contributed by atoms with Gasteiger partial charge in [0.1, 0.15) is 0 Å². The summed E-state index contributed by atoms with van der Waals surface area (Å²) in [5.74, 6) is 1.94. The minimum absolute atomic E-state index is 0.138. The molecule has 1 aromatic heterocycles. The third-order valence-corrected chi connectivity index (χ3v) is 5.47. The Labute approximate surface area is 165 Å². The lowest BCUT2D eigenvalue weighted by Crippen LogP contribution is -2.42. The number of aromatic nitrogens is 2. The zero-order chi connectivity index (χ0) is 19.5. The smallest absolute Gasteiger partial charge is 0.323 e. The first kappa shape index (κ1) is 18.5. The van der Waals surface area contributed by atoms with Crippen molar-refractivity contribution < 1.29 is 9.53 Å². The number of urea groups is 1. The van der Waals surface area contributed by atoms with Gasteiger partial charge in [0.15, 0.2) is 5.82 Å². The highest BCUT2D eigenvalue weighted by molar-refractivity contribution is 5.88. The van der Waals surface area contributed by atoms with Crippen LogP contribution in [0.15, 0.2) is 42.2 Å². The summed E-state index contributed by atoms with van der Waals surface area (Å²) >= 11 is 0. The first-order valence-electron chi connectivity index (χ1n) is 9.85. The highest BCUT2D eigenvalue weighted by Crippen LogP contribution is 2.40. The van der Waals surface area contributed by atoms with Crippen LogP contribution in [0, 0.1) is 5.92 Å². The molecule has 1 aliphatic heterocycles. The van der Waals surface area contributed by atoms with Crippen LogP contribution in [0.2, 0.25) is 0 Å². The fourth-order valence-corrected chi connectivity index (χ4v) is 3.66. The van der Waals surface area contributed by atoms with Gasteiger partial charge in [-0.15, -0.1) is 0 Å². The number of likely N-dealkylation sites (tertiary alicyclic amines) is 1. The van der Waals surface area contributed by atoms with E-state index in [1.807, 2.05) is 4.90 Å². The van der Waals surface area contributed by atoms with Crippen molar-refractivity contribution in [3.8, 4) is 5.88 Å². The number of piperidine rings is 1. The molecule has 4 rings (SSSR count). The molecule has 1 N–H and O–H groups in total. The van der Waals surface area contributed by atoms with Gasteiger partial charge >= 0.3 is 6.03 Å². The van der Waals surface area contributed by atoms with Gasteiger partial charge in [0.05, 0.1) is 19.5 Å². The SMILES string of the molecule is COc1cnc(NC(=O)N2CC/C(=C\c3cccc(C4CC4)c3)C(C)C2)cn1. The van der Waals surface area contributed by atoms with E-state index in [1.165, 1.54) is 49.0 Å². The zero-order valence-corrected chi connectivity index (χ0v) is 16.4. The van der Waals surface area contributed by atoms with E-state index in [0.29, 0.717) is 30.7 Å². The van der Waals surface area contributed by atoms with Crippen LogP contribution in [0.5, 0.6) is 5.88 Å². The van der Waals surface area contributed by atoms with Crippen molar-refractivity contribution in [3.05, 3.63) is 53.4 Å². The van der Waals surface area contributed by atoms with Crippen molar-refractivity contribution in [2.45, 2.75) is 32.1 Å². The number of methoxy groups -OCH3 is 1. The van der Waals surface area contributed by atoms with Gasteiger partial charge in [-0.3, -0.25) is 5.32 Å². The molecular weight excluding hydrogens is 352 g/mol. The molecular formula is C22H26N4O2. The maximum absolute atomic E-state index is 12.6. The summed E-state index contributed by atoms with van der Waals surface area (Å²) in [5.41, 5.74) is 4.14. The molecule has 1 atom stereocenters. The number of benzene rings is 1. The first-order valence-corrected chi connectivity index (χ1v) is 9.85. The second-order valence-corrected chi connectivity index (χ2v) is 7.63. The summed E-state index contributed by atoms with van der Waals surface area (Å²) in [6.07, 6.45) is 8.82. The Hall–Kier alpha value is -2.89. The molecule has 1 aliphatic carbocycles. The fourth-order valence-electron chi connectivity index (χ4n) is 3.66. The maximum atomic E-state index is 12.6. The highest BCUT2D eigenvalue weighted by Gasteiger charge is 2.25. The Kier molecular flexibility index (Phi) is 5.28. The highest BCUT2D eigenvalue weighted by atomic mass is 16.5. The standard InChI is InChI=1S/C22H26N4O2/c1-15-14-26(22(27)25-20-12-24-21(28-2)13-23-20)9-8-18(15)10-16-4-3-5-19(11-16)17-6-7-17/h3-5,10-13,15,17H,6-9,14H2,1-2H3,(H,23,25,27)/b18-10+. The normalized spacial score (nSPS) is 20.9. The van der Waals surface area contributed by atoms with Gasteiger partial charge < -0.3 is 9.64 Å². The van der Waals surface area contributed by atoms with Gasteiger partial charge in [-0.25, -0.2) is 14.8 Å². The van der Waals surface area contributed by atoms with Crippen molar-refractivity contribution in [2.75, 3.05) is 25.5 Å². The van der Waals surface area contributed by atoms with Crippen LogP contribution < -0.4 is 10.1 Å². The lowest BCUT2D eigenvalue weighted by atomic mass is 9.91. The van der Waals surface area contributed by atoms with Crippen molar-refractivity contribution >= 4 is 17.9 Å². The summed E-state index contributed by atoms with van der Waals surface area (Å²) in [5, 5.41) is 2.81. The molecule has 28 heavy (non-hydrogen) atoms. The quantitative estimate of drug-likeness (QED) is 0.860. The van der Waals surface area contributed by atoms with Gasteiger partial charge in [0.25, 0.3) is 0 Å². The van der Waals surface area contributed by atoms with Gasteiger partial charge in [0, 0.05) is 13.1 Å². The zero-order valence-electron chi connectivity index (χ0n) is 16.4. The molecule has 1 aromatic carbocycles. The summed E-state index contributed by atoms with van der Waals surface area (Å²) in [6, 6.07) is 8.74. The number of carbonyl (C=O) groups excluding carboxylic acids is 1. The molecule has 0 bridgehead atoms. The van der Waals surface area contributed by atoms with Gasteiger partial charge in [-0.05, 0) is 42.2 Å². The second-order valence-electron chi connectivity index (χ2n) is 7.63. The molecule has 2 aliphatic rings. The molecule has 2 heterocycles. The number of nitrogens with zero attached hydrogens (tertiary/aromatic N) is 3. The molecule has 6 heteroatoms. The van der Waals surface area contributed by atoms with E-state index < -0.39 is 0 Å². The van der Waals surface area contributed by atoms with Crippen LogP contribution in [-0.2, 0) is 0 Å². The number of anilines is 1. The number of rotatable bonds is 4. The molecule has 1 saturated carbocycles. The van der Waals surface area contributed by atoms with Crippen LogP contribution in [0.3, 0.4) is 0 Å². The molecule has 2 fully saturated rings. The third-order valence-electron chi connectivity index (χ3n) is 5.47. The summed E-state index contributed by atoms with van der Waals surface area (Å²) in [4.78, 5) is 22.6.